The monoisotopic (exact) mass is 261 g/mol. The standard InChI is InChI=1S/C14H19N3O2/c1-9-7-17(8-14(9,19)11-3-4-11)13(18)10-2-5-12(15)16-6-10/h2,5-6,9,11,19H,3-4,7-8H2,1H3,(H2,15,16)/t9-,14+/m1/s1. The fourth-order valence-corrected chi connectivity index (χ4v) is 3.00. The number of hydrogen-bond donors (Lipinski definition) is 2. The number of aliphatic hydroxyl groups is 1. The first-order valence-electron chi connectivity index (χ1n) is 6.74. The fourth-order valence-electron chi connectivity index (χ4n) is 3.00. The Morgan fingerprint density at radius 3 is 2.84 bits per heavy atom. The summed E-state index contributed by atoms with van der Waals surface area (Å²) in [7, 11) is 0. The Hall–Kier alpha value is -1.62. The van der Waals surface area contributed by atoms with E-state index in [1.54, 1.807) is 17.0 Å². The van der Waals surface area contributed by atoms with Crippen LogP contribution in [0.4, 0.5) is 5.82 Å². The van der Waals surface area contributed by atoms with E-state index in [9.17, 15) is 9.90 Å². The Balaban J connectivity index is 1.77. The van der Waals surface area contributed by atoms with E-state index >= 15 is 0 Å². The Morgan fingerprint density at radius 1 is 1.53 bits per heavy atom. The van der Waals surface area contributed by atoms with Gasteiger partial charge in [0.15, 0.2) is 0 Å². The lowest BCUT2D eigenvalue weighted by Gasteiger charge is -2.26. The molecule has 1 aromatic rings. The van der Waals surface area contributed by atoms with Crippen LogP contribution in [0.1, 0.15) is 30.1 Å². The molecule has 2 aliphatic rings. The highest BCUT2D eigenvalue weighted by Crippen LogP contribution is 2.47. The first-order valence-corrected chi connectivity index (χ1v) is 6.74. The van der Waals surface area contributed by atoms with Crippen LogP contribution in [0, 0.1) is 11.8 Å². The molecule has 102 valence electrons. The van der Waals surface area contributed by atoms with E-state index in [-0.39, 0.29) is 11.8 Å². The molecule has 5 heteroatoms. The number of anilines is 1. The van der Waals surface area contributed by atoms with E-state index < -0.39 is 5.60 Å². The minimum absolute atomic E-state index is 0.0732. The third-order valence-corrected chi connectivity index (χ3v) is 4.40. The molecule has 3 rings (SSSR count). The molecule has 2 atom stereocenters. The number of likely N-dealkylation sites (tertiary alicyclic amines) is 1. The molecule has 2 heterocycles. The van der Waals surface area contributed by atoms with Crippen LogP contribution in [-0.4, -0.2) is 39.6 Å². The summed E-state index contributed by atoms with van der Waals surface area (Å²) in [6.45, 7) is 3.06. The van der Waals surface area contributed by atoms with Gasteiger partial charge in [-0.3, -0.25) is 4.79 Å². The molecule has 0 radical (unpaired) electrons. The number of aromatic nitrogens is 1. The number of amides is 1. The molecule has 0 aromatic carbocycles. The minimum Gasteiger partial charge on any atom is -0.387 e. The average molecular weight is 261 g/mol. The normalized spacial score (nSPS) is 30.6. The van der Waals surface area contributed by atoms with Gasteiger partial charge in [-0.05, 0) is 30.9 Å². The zero-order chi connectivity index (χ0) is 13.6. The number of rotatable bonds is 2. The predicted octanol–water partition coefficient (Wildman–Crippen LogP) is 0.897. The van der Waals surface area contributed by atoms with Crippen molar-refractivity contribution in [2.24, 2.45) is 11.8 Å². The lowest BCUT2D eigenvalue weighted by molar-refractivity contribution is -0.00364. The summed E-state index contributed by atoms with van der Waals surface area (Å²) < 4.78 is 0. The summed E-state index contributed by atoms with van der Waals surface area (Å²) >= 11 is 0. The molecule has 5 nitrogen and oxygen atoms in total. The molecule has 1 saturated heterocycles. The third kappa shape index (κ3) is 2.08. The van der Waals surface area contributed by atoms with Crippen LogP contribution in [0.2, 0.25) is 0 Å². The summed E-state index contributed by atoms with van der Waals surface area (Å²) in [6, 6.07) is 3.31. The van der Waals surface area contributed by atoms with E-state index in [0.29, 0.717) is 30.4 Å². The molecular weight excluding hydrogens is 242 g/mol. The van der Waals surface area contributed by atoms with Gasteiger partial charge in [0.2, 0.25) is 0 Å². The topological polar surface area (TPSA) is 79.5 Å². The Morgan fingerprint density at radius 2 is 2.26 bits per heavy atom. The number of nitrogen functional groups attached to an aromatic ring is 1. The molecule has 1 aromatic heterocycles. The van der Waals surface area contributed by atoms with Crippen molar-refractivity contribution in [2.45, 2.75) is 25.4 Å². The molecule has 3 N–H and O–H groups in total. The van der Waals surface area contributed by atoms with Crippen LogP contribution >= 0.6 is 0 Å². The van der Waals surface area contributed by atoms with Gasteiger partial charge in [0.25, 0.3) is 5.91 Å². The number of pyridine rings is 1. The predicted molar refractivity (Wildman–Crippen MR) is 71.4 cm³/mol. The SMILES string of the molecule is C[C@@H]1CN(C(=O)c2ccc(N)nc2)C[C@@]1(O)C1CC1. The van der Waals surface area contributed by atoms with Gasteiger partial charge in [-0.15, -0.1) is 0 Å². The maximum atomic E-state index is 12.4. The van der Waals surface area contributed by atoms with Crippen molar-refractivity contribution >= 4 is 11.7 Å². The molecule has 0 unspecified atom stereocenters. The number of nitrogens with two attached hydrogens (primary N) is 1. The fraction of sp³-hybridized carbons (Fsp3) is 0.571. The molecule has 2 fully saturated rings. The van der Waals surface area contributed by atoms with Crippen molar-refractivity contribution in [3.8, 4) is 0 Å². The van der Waals surface area contributed by atoms with Gasteiger partial charge < -0.3 is 15.7 Å². The third-order valence-electron chi connectivity index (χ3n) is 4.40. The Labute approximate surface area is 112 Å². The van der Waals surface area contributed by atoms with Gasteiger partial charge in [-0.2, -0.15) is 0 Å². The average Bonchev–Trinajstić information content (AvgIpc) is 3.18. The van der Waals surface area contributed by atoms with Crippen LogP contribution in [0.3, 0.4) is 0 Å². The Kier molecular flexibility index (Phi) is 2.74. The van der Waals surface area contributed by atoms with Crippen molar-refractivity contribution in [3.05, 3.63) is 23.9 Å². The van der Waals surface area contributed by atoms with Gasteiger partial charge in [0.05, 0.1) is 17.7 Å². The smallest absolute Gasteiger partial charge is 0.255 e. The van der Waals surface area contributed by atoms with Crippen molar-refractivity contribution in [3.63, 3.8) is 0 Å². The van der Waals surface area contributed by atoms with Gasteiger partial charge >= 0.3 is 0 Å². The maximum absolute atomic E-state index is 12.4. The van der Waals surface area contributed by atoms with Crippen LogP contribution in [0.5, 0.6) is 0 Å². The summed E-state index contributed by atoms with van der Waals surface area (Å²) in [5.41, 5.74) is 5.35. The summed E-state index contributed by atoms with van der Waals surface area (Å²) in [5.74, 6) is 0.826. The van der Waals surface area contributed by atoms with Crippen LogP contribution in [0.15, 0.2) is 18.3 Å². The highest BCUT2D eigenvalue weighted by molar-refractivity contribution is 5.94. The van der Waals surface area contributed by atoms with E-state index in [1.807, 2.05) is 6.92 Å². The first kappa shape index (κ1) is 12.4. The molecule has 1 aliphatic carbocycles. The number of nitrogens with zero attached hydrogens (tertiary/aromatic N) is 2. The minimum atomic E-state index is -0.698. The van der Waals surface area contributed by atoms with E-state index in [2.05, 4.69) is 4.98 Å². The van der Waals surface area contributed by atoms with Crippen LogP contribution in [0.25, 0.3) is 0 Å². The lowest BCUT2D eigenvalue weighted by Crippen LogP contribution is -2.40. The van der Waals surface area contributed by atoms with Gasteiger partial charge in [-0.1, -0.05) is 6.92 Å². The van der Waals surface area contributed by atoms with Crippen molar-refractivity contribution in [2.75, 3.05) is 18.8 Å². The van der Waals surface area contributed by atoms with Crippen LogP contribution < -0.4 is 5.73 Å². The van der Waals surface area contributed by atoms with E-state index in [0.717, 1.165) is 12.8 Å². The number of carbonyl (C=O) groups excluding carboxylic acids is 1. The highest BCUT2D eigenvalue weighted by atomic mass is 16.3. The van der Waals surface area contributed by atoms with E-state index in [1.165, 1.54) is 6.20 Å². The maximum Gasteiger partial charge on any atom is 0.255 e. The molecule has 1 amide bonds. The summed E-state index contributed by atoms with van der Waals surface area (Å²) in [5, 5.41) is 10.7. The lowest BCUT2D eigenvalue weighted by atomic mass is 9.88. The van der Waals surface area contributed by atoms with Gasteiger partial charge in [-0.25, -0.2) is 4.98 Å². The number of β-amino-alcohol motifs (C(OH)–C–C–N with tert-alkyl or cyclic N) is 1. The second-order valence-corrected chi connectivity index (χ2v) is 5.82. The quantitative estimate of drug-likeness (QED) is 0.829. The largest absolute Gasteiger partial charge is 0.387 e. The molecular formula is C14H19N3O2. The second-order valence-electron chi connectivity index (χ2n) is 5.82. The molecule has 0 spiro atoms. The molecule has 0 bridgehead atoms. The Bertz CT molecular complexity index is 498. The van der Waals surface area contributed by atoms with Crippen molar-refractivity contribution in [1.82, 2.24) is 9.88 Å². The molecule has 1 saturated carbocycles. The summed E-state index contributed by atoms with van der Waals surface area (Å²) in [4.78, 5) is 18.0. The van der Waals surface area contributed by atoms with Crippen molar-refractivity contribution < 1.29 is 9.90 Å². The van der Waals surface area contributed by atoms with Crippen molar-refractivity contribution in [1.29, 1.82) is 0 Å². The number of hydrogen-bond acceptors (Lipinski definition) is 4. The van der Waals surface area contributed by atoms with E-state index in [4.69, 9.17) is 5.73 Å². The highest BCUT2D eigenvalue weighted by Gasteiger charge is 2.53. The molecule has 1 aliphatic heterocycles. The summed E-state index contributed by atoms with van der Waals surface area (Å²) in [6.07, 6.45) is 3.65. The second kappa shape index (κ2) is 4.20. The van der Waals surface area contributed by atoms with Crippen LogP contribution in [-0.2, 0) is 0 Å². The first-order chi connectivity index (χ1) is 9.00. The zero-order valence-corrected chi connectivity index (χ0v) is 11.0. The molecule has 19 heavy (non-hydrogen) atoms. The van der Waals surface area contributed by atoms with Gasteiger partial charge in [0, 0.05) is 18.7 Å². The zero-order valence-electron chi connectivity index (χ0n) is 11.0. The van der Waals surface area contributed by atoms with Gasteiger partial charge in [0.1, 0.15) is 5.82 Å². The number of carbonyl (C=O) groups is 1.